The molecule has 2 aliphatic heterocycles. The van der Waals surface area contributed by atoms with Crippen molar-refractivity contribution in [3.05, 3.63) is 58.2 Å². The van der Waals surface area contributed by atoms with Crippen molar-refractivity contribution in [1.82, 2.24) is 9.88 Å². The van der Waals surface area contributed by atoms with Crippen molar-refractivity contribution < 1.29 is 9.53 Å². The third-order valence-electron chi connectivity index (χ3n) is 4.82. The zero-order valence-corrected chi connectivity index (χ0v) is 15.5. The Morgan fingerprint density at radius 2 is 2.00 bits per heavy atom. The molecule has 2 aliphatic rings. The summed E-state index contributed by atoms with van der Waals surface area (Å²) in [6, 6.07) is 12.3. The number of nitrogens with zero attached hydrogens (tertiary/aromatic N) is 3. The third kappa shape index (κ3) is 3.55. The van der Waals surface area contributed by atoms with Gasteiger partial charge in [-0.05, 0) is 45.6 Å². The Morgan fingerprint density at radius 1 is 1.16 bits per heavy atom. The van der Waals surface area contributed by atoms with E-state index in [1.165, 1.54) is 11.1 Å². The molecule has 0 N–H and O–H groups in total. The zero-order chi connectivity index (χ0) is 17.2. The van der Waals surface area contributed by atoms with E-state index in [9.17, 15) is 4.79 Å². The second-order valence-corrected chi connectivity index (χ2v) is 7.33. The molecule has 6 heteroatoms. The molecule has 1 amide bonds. The molecule has 0 saturated carbocycles. The Hall–Kier alpha value is -1.92. The molecular formula is C19H20BrN3O2. The molecule has 2 aromatic rings. The van der Waals surface area contributed by atoms with Crippen LogP contribution in [-0.2, 0) is 22.5 Å². The fourth-order valence-corrected chi connectivity index (χ4v) is 3.68. The Labute approximate surface area is 155 Å². The van der Waals surface area contributed by atoms with Crippen LogP contribution in [0.3, 0.4) is 0 Å². The summed E-state index contributed by atoms with van der Waals surface area (Å²) in [5.74, 6) is 0.963. The lowest BCUT2D eigenvalue weighted by Gasteiger charge is -2.37. The molecule has 130 valence electrons. The molecule has 0 aliphatic carbocycles. The fourth-order valence-electron chi connectivity index (χ4n) is 3.45. The Kier molecular flexibility index (Phi) is 4.72. The van der Waals surface area contributed by atoms with E-state index >= 15 is 0 Å². The molecule has 0 radical (unpaired) electrons. The van der Waals surface area contributed by atoms with Gasteiger partial charge in [0.25, 0.3) is 5.91 Å². The highest BCUT2D eigenvalue weighted by Gasteiger charge is 2.32. The van der Waals surface area contributed by atoms with Crippen LogP contribution >= 0.6 is 15.9 Å². The number of aromatic nitrogens is 1. The Morgan fingerprint density at radius 3 is 2.80 bits per heavy atom. The first-order valence-electron chi connectivity index (χ1n) is 8.54. The molecule has 0 spiro atoms. The van der Waals surface area contributed by atoms with E-state index in [1.807, 2.05) is 23.1 Å². The number of carbonyl (C=O) groups excluding carboxylic acids is 1. The number of carbonyl (C=O) groups is 1. The van der Waals surface area contributed by atoms with Gasteiger partial charge in [-0.2, -0.15) is 0 Å². The second kappa shape index (κ2) is 7.14. The molecule has 4 rings (SSSR count). The molecule has 25 heavy (non-hydrogen) atoms. The normalized spacial score (nSPS) is 20.3. The maximum atomic E-state index is 12.9. The standard InChI is InChI=1S/C19H20BrN3O2/c20-16-5-6-18(21-11-16)22-9-10-25-17(13-22)19(24)23-8-7-14-3-1-2-4-15(14)12-23/h1-6,11,17H,7-10,12-13H2. The van der Waals surface area contributed by atoms with Crippen molar-refractivity contribution >= 4 is 27.7 Å². The molecule has 1 atom stereocenters. The summed E-state index contributed by atoms with van der Waals surface area (Å²) >= 11 is 3.40. The number of halogens is 1. The number of hydrogen-bond acceptors (Lipinski definition) is 4. The number of pyridine rings is 1. The number of fused-ring (bicyclic) bond motifs is 1. The largest absolute Gasteiger partial charge is 0.365 e. The number of ether oxygens (including phenoxy) is 1. The quantitative estimate of drug-likeness (QED) is 0.775. The Bertz CT molecular complexity index is 766. The first kappa shape index (κ1) is 16.5. The first-order chi connectivity index (χ1) is 12.2. The van der Waals surface area contributed by atoms with Crippen molar-refractivity contribution in [2.75, 3.05) is 31.1 Å². The number of amides is 1. The van der Waals surface area contributed by atoms with Gasteiger partial charge in [-0.15, -0.1) is 0 Å². The minimum Gasteiger partial charge on any atom is -0.365 e. The summed E-state index contributed by atoms with van der Waals surface area (Å²) in [5.41, 5.74) is 2.58. The molecule has 1 saturated heterocycles. The van der Waals surface area contributed by atoms with Gasteiger partial charge in [-0.1, -0.05) is 24.3 Å². The van der Waals surface area contributed by atoms with Crippen LogP contribution in [0.5, 0.6) is 0 Å². The highest BCUT2D eigenvalue weighted by Crippen LogP contribution is 2.22. The molecular weight excluding hydrogens is 382 g/mol. The maximum absolute atomic E-state index is 12.9. The lowest BCUT2D eigenvalue weighted by atomic mass is 9.99. The van der Waals surface area contributed by atoms with Crippen LogP contribution in [-0.4, -0.2) is 48.1 Å². The van der Waals surface area contributed by atoms with Gasteiger partial charge in [0.1, 0.15) is 5.82 Å². The number of rotatable bonds is 2. The monoisotopic (exact) mass is 401 g/mol. The highest BCUT2D eigenvalue weighted by atomic mass is 79.9. The first-order valence-corrected chi connectivity index (χ1v) is 9.34. The van der Waals surface area contributed by atoms with Gasteiger partial charge in [0.15, 0.2) is 6.10 Å². The topological polar surface area (TPSA) is 45.7 Å². The van der Waals surface area contributed by atoms with E-state index in [0.717, 1.165) is 29.8 Å². The van der Waals surface area contributed by atoms with Gasteiger partial charge in [0, 0.05) is 30.3 Å². The van der Waals surface area contributed by atoms with Gasteiger partial charge in [0.2, 0.25) is 0 Å². The average Bonchev–Trinajstić information content (AvgIpc) is 2.68. The summed E-state index contributed by atoms with van der Waals surface area (Å²) < 4.78 is 6.73. The average molecular weight is 402 g/mol. The molecule has 3 heterocycles. The predicted octanol–water partition coefficient (Wildman–Crippen LogP) is 2.63. The van der Waals surface area contributed by atoms with Crippen LogP contribution in [0.1, 0.15) is 11.1 Å². The van der Waals surface area contributed by atoms with Gasteiger partial charge in [0.05, 0.1) is 13.2 Å². The van der Waals surface area contributed by atoms with Crippen molar-refractivity contribution in [2.24, 2.45) is 0 Å². The van der Waals surface area contributed by atoms with Crippen LogP contribution in [0.4, 0.5) is 5.82 Å². The van der Waals surface area contributed by atoms with Gasteiger partial charge in [-0.3, -0.25) is 4.79 Å². The number of benzene rings is 1. The number of anilines is 1. The molecule has 1 fully saturated rings. The third-order valence-corrected chi connectivity index (χ3v) is 5.29. The maximum Gasteiger partial charge on any atom is 0.253 e. The SMILES string of the molecule is O=C(C1CN(c2ccc(Br)cn2)CCO1)N1CCc2ccccc2C1. The van der Waals surface area contributed by atoms with Gasteiger partial charge >= 0.3 is 0 Å². The number of morpholine rings is 1. The van der Waals surface area contributed by atoms with Crippen molar-refractivity contribution in [2.45, 2.75) is 19.1 Å². The van der Waals surface area contributed by atoms with Crippen LogP contribution < -0.4 is 4.90 Å². The highest BCUT2D eigenvalue weighted by molar-refractivity contribution is 9.10. The van der Waals surface area contributed by atoms with Crippen molar-refractivity contribution in [3.8, 4) is 0 Å². The second-order valence-electron chi connectivity index (χ2n) is 6.42. The van der Waals surface area contributed by atoms with E-state index in [-0.39, 0.29) is 5.91 Å². The number of hydrogen-bond donors (Lipinski definition) is 0. The van der Waals surface area contributed by atoms with Crippen LogP contribution in [0.25, 0.3) is 0 Å². The van der Waals surface area contributed by atoms with Gasteiger partial charge < -0.3 is 14.5 Å². The zero-order valence-electron chi connectivity index (χ0n) is 13.9. The van der Waals surface area contributed by atoms with Crippen molar-refractivity contribution in [3.63, 3.8) is 0 Å². The van der Waals surface area contributed by atoms with E-state index in [1.54, 1.807) is 6.20 Å². The van der Waals surface area contributed by atoms with Crippen LogP contribution in [0.2, 0.25) is 0 Å². The van der Waals surface area contributed by atoms with Crippen LogP contribution in [0, 0.1) is 0 Å². The fraction of sp³-hybridized carbons (Fsp3) is 0.368. The molecule has 1 unspecified atom stereocenters. The summed E-state index contributed by atoms with van der Waals surface area (Å²) in [4.78, 5) is 21.4. The molecule has 1 aromatic heterocycles. The van der Waals surface area contributed by atoms with E-state index < -0.39 is 6.10 Å². The van der Waals surface area contributed by atoms with E-state index in [0.29, 0.717) is 19.7 Å². The molecule has 5 nitrogen and oxygen atoms in total. The smallest absolute Gasteiger partial charge is 0.253 e. The summed E-state index contributed by atoms with van der Waals surface area (Å²) in [7, 11) is 0. The van der Waals surface area contributed by atoms with Crippen LogP contribution in [0.15, 0.2) is 47.1 Å². The van der Waals surface area contributed by atoms with E-state index in [4.69, 9.17) is 4.74 Å². The summed E-state index contributed by atoms with van der Waals surface area (Å²) in [6.45, 7) is 3.27. The van der Waals surface area contributed by atoms with Gasteiger partial charge in [-0.25, -0.2) is 4.98 Å². The molecule has 0 bridgehead atoms. The Balaban J connectivity index is 1.44. The summed E-state index contributed by atoms with van der Waals surface area (Å²) in [6.07, 6.45) is 2.26. The minimum absolute atomic E-state index is 0.0799. The molecule has 1 aromatic carbocycles. The predicted molar refractivity (Wildman–Crippen MR) is 99.5 cm³/mol. The van der Waals surface area contributed by atoms with Crippen molar-refractivity contribution in [1.29, 1.82) is 0 Å². The summed E-state index contributed by atoms with van der Waals surface area (Å²) in [5, 5.41) is 0. The lowest BCUT2D eigenvalue weighted by molar-refractivity contribution is -0.145. The lowest BCUT2D eigenvalue weighted by Crippen LogP contribution is -2.52. The van der Waals surface area contributed by atoms with E-state index in [2.05, 4.69) is 44.0 Å². The minimum atomic E-state index is -0.426.